The van der Waals surface area contributed by atoms with Crippen molar-refractivity contribution < 1.29 is 13.2 Å². The number of anilines is 2. The van der Waals surface area contributed by atoms with Crippen LogP contribution in [0.2, 0.25) is 0 Å². The molecule has 0 atom stereocenters. The van der Waals surface area contributed by atoms with Crippen molar-refractivity contribution >= 4 is 72.4 Å². The molecule has 0 saturated heterocycles. The third kappa shape index (κ3) is 5.01. The molecule has 0 radical (unpaired) electrons. The van der Waals surface area contributed by atoms with Crippen LogP contribution in [-0.4, -0.2) is 37.3 Å². The number of carbonyl (C=O) groups excluding carboxylic acids is 1. The molecule has 0 spiro atoms. The Bertz CT molecular complexity index is 1060. The Labute approximate surface area is 184 Å². The van der Waals surface area contributed by atoms with Gasteiger partial charge in [-0.05, 0) is 65.2 Å². The number of halogens is 1. The first-order valence-corrected chi connectivity index (χ1v) is 12.5. The van der Waals surface area contributed by atoms with E-state index in [1.54, 1.807) is 42.5 Å². The molecule has 1 heterocycles. The predicted molar refractivity (Wildman–Crippen MR) is 120 cm³/mol. The largest absolute Gasteiger partial charge is 0.299 e. The molecule has 146 valence electrons. The van der Waals surface area contributed by atoms with Crippen LogP contribution in [0.3, 0.4) is 0 Å². The van der Waals surface area contributed by atoms with E-state index in [1.165, 1.54) is 35.2 Å². The SMILES string of the molecule is CSc1nnc(NC(=O)CN(c2ccc(I)cc2)S(=O)(=O)c2ccccc2)s1. The minimum Gasteiger partial charge on any atom is -0.299 e. The maximum absolute atomic E-state index is 13.2. The number of thioether (sulfide) groups is 1. The Morgan fingerprint density at radius 2 is 1.82 bits per heavy atom. The highest BCUT2D eigenvalue weighted by molar-refractivity contribution is 14.1. The van der Waals surface area contributed by atoms with E-state index in [2.05, 4.69) is 38.1 Å². The van der Waals surface area contributed by atoms with Crippen LogP contribution < -0.4 is 9.62 Å². The Morgan fingerprint density at radius 1 is 1.14 bits per heavy atom. The number of hydrogen-bond donors (Lipinski definition) is 1. The van der Waals surface area contributed by atoms with E-state index in [0.29, 0.717) is 15.2 Å². The highest BCUT2D eigenvalue weighted by atomic mass is 127. The standard InChI is InChI=1S/C17H15IN4O3S3/c1-26-17-21-20-16(27-17)19-15(23)11-22(13-9-7-12(18)8-10-13)28(24,25)14-5-3-2-4-6-14/h2-10H,11H2,1H3,(H,19,20,23). The van der Waals surface area contributed by atoms with Crippen molar-refractivity contribution in [1.29, 1.82) is 0 Å². The molecule has 3 rings (SSSR count). The van der Waals surface area contributed by atoms with Crippen molar-refractivity contribution in [3.05, 3.63) is 58.2 Å². The van der Waals surface area contributed by atoms with Crippen molar-refractivity contribution in [1.82, 2.24) is 10.2 Å². The second-order valence-electron chi connectivity index (χ2n) is 5.43. The zero-order chi connectivity index (χ0) is 20.1. The summed E-state index contributed by atoms with van der Waals surface area (Å²) in [6.07, 6.45) is 1.86. The fourth-order valence-electron chi connectivity index (χ4n) is 2.27. The summed E-state index contributed by atoms with van der Waals surface area (Å²) in [7, 11) is -3.92. The predicted octanol–water partition coefficient (Wildman–Crippen LogP) is 3.70. The highest BCUT2D eigenvalue weighted by Gasteiger charge is 2.27. The number of nitrogens with zero attached hydrogens (tertiary/aromatic N) is 3. The van der Waals surface area contributed by atoms with Gasteiger partial charge in [-0.3, -0.25) is 14.4 Å². The van der Waals surface area contributed by atoms with E-state index in [4.69, 9.17) is 0 Å². The fraction of sp³-hybridized carbons (Fsp3) is 0.118. The van der Waals surface area contributed by atoms with Gasteiger partial charge in [0.1, 0.15) is 6.54 Å². The van der Waals surface area contributed by atoms with Gasteiger partial charge in [-0.2, -0.15) is 0 Å². The summed E-state index contributed by atoms with van der Waals surface area (Å²) >= 11 is 4.78. The van der Waals surface area contributed by atoms with Gasteiger partial charge in [0, 0.05) is 3.57 Å². The topological polar surface area (TPSA) is 92.3 Å². The van der Waals surface area contributed by atoms with Crippen LogP contribution in [0.25, 0.3) is 0 Å². The van der Waals surface area contributed by atoms with E-state index < -0.39 is 15.9 Å². The van der Waals surface area contributed by atoms with E-state index in [-0.39, 0.29) is 11.4 Å². The molecule has 28 heavy (non-hydrogen) atoms. The molecule has 0 fully saturated rings. The number of sulfonamides is 1. The minimum atomic E-state index is -3.92. The summed E-state index contributed by atoms with van der Waals surface area (Å²) in [5, 5.41) is 10.7. The van der Waals surface area contributed by atoms with Gasteiger partial charge in [0.05, 0.1) is 10.6 Å². The Kier molecular flexibility index (Phi) is 6.91. The molecule has 2 aromatic carbocycles. The molecule has 1 N–H and O–H groups in total. The molecule has 11 heteroatoms. The summed E-state index contributed by atoms with van der Waals surface area (Å²) in [5.74, 6) is -0.498. The molecule has 0 saturated carbocycles. The lowest BCUT2D eigenvalue weighted by molar-refractivity contribution is -0.114. The quantitative estimate of drug-likeness (QED) is 0.276. The lowest BCUT2D eigenvalue weighted by atomic mass is 10.3. The van der Waals surface area contributed by atoms with E-state index in [0.717, 1.165) is 7.88 Å². The molecule has 0 aliphatic carbocycles. The van der Waals surface area contributed by atoms with Crippen LogP contribution >= 0.6 is 45.7 Å². The minimum absolute atomic E-state index is 0.113. The van der Waals surface area contributed by atoms with Crippen molar-refractivity contribution in [2.45, 2.75) is 9.24 Å². The average molecular weight is 546 g/mol. The number of rotatable bonds is 7. The number of amides is 1. The van der Waals surface area contributed by atoms with Crippen LogP contribution in [0.15, 0.2) is 63.8 Å². The molecular formula is C17H15IN4O3S3. The lowest BCUT2D eigenvalue weighted by Crippen LogP contribution is -2.38. The number of nitrogens with one attached hydrogen (secondary N) is 1. The first kappa shape index (κ1) is 21.0. The average Bonchev–Trinajstić information content (AvgIpc) is 3.15. The Hall–Kier alpha value is -1.70. The molecule has 0 aliphatic heterocycles. The summed E-state index contributed by atoms with van der Waals surface area (Å²) in [6.45, 7) is -0.383. The van der Waals surface area contributed by atoms with Crippen molar-refractivity contribution in [2.75, 3.05) is 22.4 Å². The number of benzene rings is 2. The first-order valence-electron chi connectivity index (χ1n) is 7.91. The van der Waals surface area contributed by atoms with Crippen molar-refractivity contribution in [3.63, 3.8) is 0 Å². The summed E-state index contributed by atoms with van der Waals surface area (Å²) < 4.78 is 29.1. The maximum atomic E-state index is 13.2. The van der Waals surface area contributed by atoms with Gasteiger partial charge in [0.25, 0.3) is 10.0 Å². The monoisotopic (exact) mass is 546 g/mol. The van der Waals surface area contributed by atoms with Crippen molar-refractivity contribution in [2.24, 2.45) is 0 Å². The van der Waals surface area contributed by atoms with Crippen LogP contribution in [0.4, 0.5) is 10.8 Å². The van der Waals surface area contributed by atoms with Gasteiger partial charge in [-0.15, -0.1) is 10.2 Å². The van der Waals surface area contributed by atoms with Gasteiger partial charge in [0.15, 0.2) is 4.34 Å². The molecule has 3 aromatic rings. The van der Waals surface area contributed by atoms with Gasteiger partial charge in [-0.25, -0.2) is 8.42 Å². The van der Waals surface area contributed by atoms with Crippen LogP contribution in [0.1, 0.15) is 0 Å². The summed E-state index contributed by atoms with van der Waals surface area (Å²) in [6, 6.07) is 14.9. The Balaban J connectivity index is 1.90. The number of aromatic nitrogens is 2. The third-order valence-electron chi connectivity index (χ3n) is 3.56. The summed E-state index contributed by atoms with van der Waals surface area (Å²) in [5.41, 5.74) is 0.404. The number of carbonyl (C=O) groups is 1. The van der Waals surface area contributed by atoms with Gasteiger partial charge in [-0.1, -0.05) is 41.3 Å². The molecular weight excluding hydrogens is 531 g/mol. The molecule has 7 nitrogen and oxygen atoms in total. The fourth-order valence-corrected chi connectivity index (χ4v) is 5.26. The Morgan fingerprint density at radius 3 is 2.43 bits per heavy atom. The molecule has 1 amide bonds. The van der Waals surface area contributed by atoms with Gasteiger partial charge >= 0.3 is 0 Å². The zero-order valence-electron chi connectivity index (χ0n) is 14.6. The zero-order valence-corrected chi connectivity index (χ0v) is 19.2. The molecule has 1 aromatic heterocycles. The second-order valence-corrected chi connectivity index (χ2v) is 10.6. The van der Waals surface area contributed by atoms with E-state index >= 15 is 0 Å². The number of hydrogen-bond acceptors (Lipinski definition) is 7. The van der Waals surface area contributed by atoms with Crippen LogP contribution in [-0.2, 0) is 14.8 Å². The summed E-state index contributed by atoms with van der Waals surface area (Å²) in [4.78, 5) is 12.7. The normalized spacial score (nSPS) is 11.2. The molecule has 0 unspecified atom stereocenters. The van der Waals surface area contributed by atoms with Gasteiger partial charge in [0.2, 0.25) is 11.0 Å². The van der Waals surface area contributed by atoms with Crippen molar-refractivity contribution in [3.8, 4) is 0 Å². The highest BCUT2D eigenvalue weighted by Crippen LogP contribution is 2.26. The van der Waals surface area contributed by atoms with Crippen LogP contribution in [0, 0.1) is 3.57 Å². The van der Waals surface area contributed by atoms with Crippen LogP contribution in [0.5, 0.6) is 0 Å². The van der Waals surface area contributed by atoms with E-state index in [9.17, 15) is 13.2 Å². The third-order valence-corrected chi connectivity index (χ3v) is 7.88. The second kappa shape index (κ2) is 9.20. The smallest absolute Gasteiger partial charge is 0.264 e. The maximum Gasteiger partial charge on any atom is 0.264 e. The lowest BCUT2D eigenvalue weighted by Gasteiger charge is -2.24. The van der Waals surface area contributed by atoms with E-state index in [1.807, 2.05) is 6.26 Å². The van der Waals surface area contributed by atoms with Gasteiger partial charge < -0.3 is 0 Å². The molecule has 0 bridgehead atoms. The molecule has 0 aliphatic rings. The first-order chi connectivity index (χ1) is 13.4.